The van der Waals surface area contributed by atoms with Crippen LogP contribution in [0.25, 0.3) is 0 Å². The quantitative estimate of drug-likeness (QED) is 0.321. The number of hydrogen-bond donors (Lipinski definition) is 2. The average molecular weight is 684 g/mol. The Labute approximate surface area is 282 Å². The van der Waals surface area contributed by atoms with Gasteiger partial charge in [-0.1, -0.05) is 37.3 Å². The van der Waals surface area contributed by atoms with Gasteiger partial charge in [0.15, 0.2) is 0 Å². The highest BCUT2D eigenvalue weighted by molar-refractivity contribution is 7.89. The molecule has 0 spiro atoms. The predicted octanol–water partition coefficient (Wildman–Crippen LogP) is 5.12. The highest BCUT2D eigenvalue weighted by Gasteiger charge is 2.32. The molecule has 3 aromatic rings. The zero-order valence-electron chi connectivity index (χ0n) is 28.0. The molecule has 0 aromatic heterocycles. The third-order valence-electron chi connectivity index (χ3n) is 8.50. The SMILES string of the molecule is C[C@@H]1CCCCO[C@@H](CN(C)S(=O)(=O)c2ccc(F)cc2)[C@@H](C)CN([C@@H](C)CO)C(=O)c2cc(NC(=O)Cc3ccccc3)ccc2O1. The van der Waals surface area contributed by atoms with Crippen LogP contribution in [-0.4, -0.2) is 86.1 Å². The van der Waals surface area contributed by atoms with Crippen molar-refractivity contribution >= 4 is 27.5 Å². The first-order valence-electron chi connectivity index (χ1n) is 16.3. The number of fused-ring (bicyclic) bond motifs is 1. The van der Waals surface area contributed by atoms with E-state index in [9.17, 15) is 27.5 Å². The fourth-order valence-corrected chi connectivity index (χ4v) is 6.77. The Morgan fingerprint density at radius 3 is 2.48 bits per heavy atom. The number of nitrogens with one attached hydrogen (secondary N) is 1. The normalized spacial score (nSPS) is 20.4. The van der Waals surface area contributed by atoms with Crippen molar-refractivity contribution in [2.24, 2.45) is 5.92 Å². The summed E-state index contributed by atoms with van der Waals surface area (Å²) in [4.78, 5) is 28.7. The fourth-order valence-electron chi connectivity index (χ4n) is 5.59. The number of likely N-dealkylation sites (N-methyl/N-ethyl adjacent to an activating group) is 1. The Morgan fingerprint density at radius 1 is 1.08 bits per heavy atom. The number of carbonyl (C=O) groups excluding carboxylic acids is 2. The van der Waals surface area contributed by atoms with E-state index in [1.54, 1.807) is 25.1 Å². The van der Waals surface area contributed by atoms with Gasteiger partial charge in [-0.2, -0.15) is 4.31 Å². The van der Waals surface area contributed by atoms with Gasteiger partial charge in [-0.3, -0.25) is 9.59 Å². The molecule has 10 nitrogen and oxygen atoms in total. The summed E-state index contributed by atoms with van der Waals surface area (Å²) < 4.78 is 53.9. The summed E-state index contributed by atoms with van der Waals surface area (Å²) in [7, 11) is -2.51. The Bertz CT molecular complexity index is 1620. The van der Waals surface area contributed by atoms with Crippen molar-refractivity contribution in [1.82, 2.24) is 9.21 Å². The third-order valence-corrected chi connectivity index (χ3v) is 10.3. The number of anilines is 1. The Balaban J connectivity index is 1.62. The maximum absolute atomic E-state index is 14.3. The van der Waals surface area contributed by atoms with Crippen LogP contribution in [0.2, 0.25) is 0 Å². The molecule has 0 saturated carbocycles. The van der Waals surface area contributed by atoms with Crippen LogP contribution in [0.1, 0.15) is 56.0 Å². The van der Waals surface area contributed by atoms with Gasteiger partial charge < -0.3 is 24.8 Å². The summed E-state index contributed by atoms with van der Waals surface area (Å²) in [5.41, 5.74) is 1.52. The first-order chi connectivity index (χ1) is 22.9. The van der Waals surface area contributed by atoms with Gasteiger partial charge in [0, 0.05) is 38.3 Å². The molecule has 0 bridgehead atoms. The van der Waals surface area contributed by atoms with E-state index < -0.39 is 33.9 Å². The van der Waals surface area contributed by atoms with E-state index in [4.69, 9.17) is 9.47 Å². The molecular formula is C36H46FN3O7S. The summed E-state index contributed by atoms with van der Waals surface area (Å²) in [5.74, 6) is -1.18. The Hall–Kier alpha value is -3.84. The molecule has 0 unspecified atom stereocenters. The molecule has 1 aliphatic heterocycles. The molecule has 12 heteroatoms. The number of ether oxygens (including phenoxy) is 2. The highest BCUT2D eigenvalue weighted by Crippen LogP contribution is 2.29. The second kappa shape index (κ2) is 17.0. The largest absolute Gasteiger partial charge is 0.490 e. The number of halogens is 1. The van der Waals surface area contributed by atoms with Gasteiger partial charge in [0.05, 0.1) is 41.7 Å². The Morgan fingerprint density at radius 2 is 1.79 bits per heavy atom. The summed E-state index contributed by atoms with van der Waals surface area (Å²) in [6, 6.07) is 18.4. The number of hydrogen-bond acceptors (Lipinski definition) is 7. The van der Waals surface area contributed by atoms with Crippen LogP contribution in [0.15, 0.2) is 77.7 Å². The fraction of sp³-hybridized carbons (Fsp3) is 0.444. The third kappa shape index (κ3) is 9.85. The van der Waals surface area contributed by atoms with E-state index in [0.29, 0.717) is 30.9 Å². The van der Waals surface area contributed by atoms with Crippen molar-refractivity contribution in [3.05, 3.63) is 89.7 Å². The Kier molecular flexibility index (Phi) is 13.1. The van der Waals surface area contributed by atoms with Crippen molar-refractivity contribution in [1.29, 1.82) is 0 Å². The predicted molar refractivity (Wildman–Crippen MR) is 182 cm³/mol. The number of amides is 2. The van der Waals surface area contributed by atoms with Crippen LogP contribution in [0.5, 0.6) is 5.75 Å². The molecule has 3 aromatic carbocycles. The van der Waals surface area contributed by atoms with E-state index >= 15 is 0 Å². The lowest BCUT2D eigenvalue weighted by Gasteiger charge is -2.35. The summed E-state index contributed by atoms with van der Waals surface area (Å²) >= 11 is 0. The van der Waals surface area contributed by atoms with Crippen LogP contribution in [-0.2, 0) is 26.0 Å². The lowest BCUT2D eigenvalue weighted by Crippen LogP contribution is -2.48. The number of aliphatic hydroxyl groups excluding tert-OH is 1. The van der Waals surface area contributed by atoms with Gasteiger partial charge in [-0.05, 0) is 81.1 Å². The lowest BCUT2D eigenvalue weighted by molar-refractivity contribution is -0.115. The molecule has 0 fully saturated rings. The smallest absolute Gasteiger partial charge is 0.258 e. The number of nitrogens with zero attached hydrogens (tertiary/aromatic N) is 2. The second-order valence-corrected chi connectivity index (χ2v) is 14.5. The number of aliphatic hydroxyl groups is 1. The van der Waals surface area contributed by atoms with Crippen LogP contribution in [0, 0.1) is 11.7 Å². The van der Waals surface area contributed by atoms with E-state index in [1.807, 2.05) is 44.2 Å². The van der Waals surface area contributed by atoms with Gasteiger partial charge in [0.25, 0.3) is 5.91 Å². The van der Waals surface area contributed by atoms with Gasteiger partial charge >= 0.3 is 0 Å². The summed E-state index contributed by atoms with van der Waals surface area (Å²) in [6.45, 7) is 5.70. The minimum Gasteiger partial charge on any atom is -0.490 e. The van der Waals surface area contributed by atoms with E-state index in [0.717, 1.165) is 24.1 Å². The minimum atomic E-state index is -3.95. The van der Waals surface area contributed by atoms with Crippen molar-refractivity contribution in [2.45, 2.75) is 69.6 Å². The average Bonchev–Trinajstić information content (AvgIpc) is 3.06. The number of benzene rings is 3. The minimum absolute atomic E-state index is 0.00981. The number of carbonyl (C=O) groups is 2. The van der Waals surface area contributed by atoms with E-state index in [-0.39, 0.29) is 54.5 Å². The molecule has 48 heavy (non-hydrogen) atoms. The molecule has 0 aliphatic carbocycles. The number of rotatable bonds is 9. The standard InChI is InChI=1S/C36H46FN3O7S/c1-25-22-40(26(2)24-41)36(43)32-21-30(38-35(42)20-28-11-6-5-7-12-28)15-18-33(32)47-27(3)10-8-9-19-46-34(25)23-39(4)48(44,45)31-16-13-29(37)14-17-31/h5-7,11-18,21,25-27,34,41H,8-10,19-20,22-24H2,1-4H3,(H,38,42)/t25-,26-,27+,34-/m0/s1. The van der Waals surface area contributed by atoms with Gasteiger partial charge in [0.1, 0.15) is 11.6 Å². The van der Waals surface area contributed by atoms with E-state index in [2.05, 4.69) is 5.32 Å². The van der Waals surface area contributed by atoms with Crippen LogP contribution in [0.4, 0.5) is 10.1 Å². The molecule has 260 valence electrons. The van der Waals surface area contributed by atoms with Gasteiger partial charge in [-0.25, -0.2) is 12.8 Å². The molecule has 0 radical (unpaired) electrons. The maximum atomic E-state index is 14.3. The zero-order valence-corrected chi connectivity index (χ0v) is 28.8. The molecule has 4 rings (SSSR count). The molecule has 2 amide bonds. The topological polar surface area (TPSA) is 125 Å². The van der Waals surface area contributed by atoms with Crippen LogP contribution < -0.4 is 10.1 Å². The van der Waals surface area contributed by atoms with Gasteiger partial charge in [0.2, 0.25) is 15.9 Å². The van der Waals surface area contributed by atoms with Crippen LogP contribution in [0.3, 0.4) is 0 Å². The van der Waals surface area contributed by atoms with E-state index in [1.165, 1.54) is 28.4 Å². The monoisotopic (exact) mass is 683 g/mol. The maximum Gasteiger partial charge on any atom is 0.258 e. The van der Waals surface area contributed by atoms with Crippen LogP contribution >= 0.6 is 0 Å². The molecular weight excluding hydrogens is 637 g/mol. The first kappa shape index (κ1) is 37.0. The molecule has 1 aliphatic rings. The summed E-state index contributed by atoms with van der Waals surface area (Å²) in [5, 5.41) is 13.1. The molecule has 0 saturated heterocycles. The summed E-state index contributed by atoms with van der Waals surface area (Å²) in [6.07, 6.45) is 1.49. The zero-order chi connectivity index (χ0) is 34.8. The lowest BCUT2D eigenvalue weighted by atomic mass is 10.0. The molecule has 1 heterocycles. The van der Waals surface area contributed by atoms with Gasteiger partial charge in [-0.15, -0.1) is 0 Å². The van der Waals surface area contributed by atoms with Crippen molar-refractivity contribution in [3.63, 3.8) is 0 Å². The second-order valence-electron chi connectivity index (χ2n) is 12.5. The first-order valence-corrected chi connectivity index (χ1v) is 17.7. The molecule has 2 N–H and O–H groups in total. The number of sulfonamides is 1. The van der Waals surface area contributed by atoms with Crippen molar-refractivity contribution in [2.75, 3.05) is 38.7 Å². The van der Waals surface area contributed by atoms with Crippen molar-refractivity contribution < 1.29 is 37.0 Å². The van der Waals surface area contributed by atoms with Crippen molar-refractivity contribution in [3.8, 4) is 5.75 Å². The highest BCUT2D eigenvalue weighted by atomic mass is 32.2. The molecule has 4 atom stereocenters.